The van der Waals surface area contributed by atoms with Crippen LogP contribution < -0.4 is 16.0 Å². The van der Waals surface area contributed by atoms with Gasteiger partial charge in [-0.05, 0) is 56.4 Å². The molecular weight excluding hydrogens is 264 g/mol. The topological polar surface area (TPSA) is 56.5 Å². The van der Waals surface area contributed by atoms with E-state index in [2.05, 4.69) is 52.2 Å². The zero-order valence-electron chi connectivity index (χ0n) is 13.9. The number of aryl methyl sites for hydroxylation is 2. The Bertz CT molecular complexity index is 504. The van der Waals surface area contributed by atoms with Crippen molar-refractivity contribution in [2.75, 3.05) is 7.11 Å². The molecule has 0 aliphatic carbocycles. The minimum atomic E-state index is 0.0876. The molecule has 118 valence electrons. The molecule has 0 saturated carbocycles. The third kappa shape index (κ3) is 2.93. The van der Waals surface area contributed by atoms with E-state index in [0.29, 0.717) is 11.8 Å². The van der Waals surface area contributed by atoms with Crippen molar-refractivity contribution in [3.05, 3.63) is 28.8 Å². The summed E-state index contributed by atoms with van der Waals surface area (Å²) in [4.78, 5) is 0. The van der Waals surface area contributed by atoms with Gasteiger partial charge in [0, 0.05) is 5.92 Å². The van der Waals surface area contributed by atoms with Gasteiger partial charge in [-0.2, -0.15) is 0 Å². The van der Waals surface area contributed by atoms with E-state index in [9.17, 15) is 0 Å². The smallest absolute Gasteiger partial charge is 0.122 e. The van der Waals surface area contributed by atoms with Crippen LogP contribution in [0, 0.1) is 25.7 Å². The molecule has 0 aromatic heterocycles. The van der Waals surface area contributed by atoms with Crippen LogP contribution >= 0.6 is 0 Å². The van der Waals surface area contributed by atoms with Crippen LogP contribution in [0.1, 0.15) is 43.5 Å². The van der Waals surface area contributed by atoms with Gasteiger partial charge in [-0.1, -0.05) is 13.0 Å². The highest BCUT2D eigenvalue weighted by Crippen LogP contribution is 2.41. The highest BCUT2D eigenvalue weighted by atomic mass is 16.5. The van der Waals surface area contributed by atoms with Crippen molar-refractivity contribution in [1.29, 1.82) is 0 Å². The van der Waals surface area contributed by atoms with Gasteiger partial charge in [-0.3, -0.25) is 11.3 Å². The number of hydrazine groups is 1. The van der Waals surface area contributed by atoms with Gasteiger partial charge in [-0.15, -0.1) is 0 Å². The van der Waals surface area contributed by atoms with E-state index in [1.807, 2.05) is 0 Å². The van der Waals surface area contributed by atoms with Gasteiger partial charge in [0.2, 0.25) is 0 Å². The molecule has 0 bridgehead atoms. The molecule has 2 rings (SSSR count). The second-order valence-corrected chi connectivity index (χ2v) is 6.31. The van der Waals surface area contributed by atoms with Crippen LogP contribution in [0.4, 0.5) is 0 Å². The van der Waals surface area contributed by atoms with Gasteiger partial charge in [0.05, 0.1) is 25.4 Å². The van der Waals surface area contributed by atoms with E-state index in [1.165, 1.54) is 11.1 Å². The summed E-state index contributed by atoms with van der Waals surface area (Å²) in [5.74, 6) is 7.65. The summed E-state index contributed by atoms with van der Waals surface area (Å²) in [6, 6.07) is 4.36. The van der Waals surface area contributed by atoms with Gasteiger partial charge >= 0.3 is 0 Å². The molecule has 4 heteroatoms. The molecule has 1 fully saturated rings. The Morgan fingerprint density at radius 3 is 2.29 bits per heavy atom. The molecule has 1 saturated heterocycles. The average Bonchev–Trinajstić information content (AvgIpc) is 2.69. The fourth-order valence-corrected chi connectivity index (χ4v) is 3.64. The van der Waals surface area contributed by atoms with E-state index in [1.54, 1.807) is 7.11 Å². The molecule has 1 heterocycles. The molecule has 21 heavy (non-hydrogen) atoms. The van der Waals surface area contributed by atoms with Crippen LogP contribution in [-0.4, -0.2) is 19.3 Å². The first-order valence-electron chi connectivity index (χ1n) is 7.67. The molecule has 4 nitrogen and oxygen atoms in total. The Kier molecular flexibility index (Phi) is 4.91. The molecular formula is C17H28N2O2. The van der Waals surface area contributed by atoms with Crippen molar-refractivity contribution in [2.24, 2.45) is 17.7 Å². The fraction of sp³-hybridized carbons (Fsp3) is 0.647. The van der Waals surface area contributed by atoms with E-state index >= 15 is 0 Å². The molecule has 1 aliphatic rings. The van der Waals surface area contributed by atoms with Crippen molar-refractivity contribution in [2.45, 2.75) is 52.9 Å². The second-order valence-electron chi connectivity index (χ2n) is 6.31. The first kappa shape index (κ1) is 16.3. The van der Waals surface area contributed by atoms with Crippen molar-refractivity contribution < 1.29 is 9.47 Å². The molecule has 1 aliphatic heterocycles. The molecule has 0 spiro atoms. The number of methoxy groups -OCH3 is 1. The van der Waals surface area contributed by atoms with Crippen molar-refractivity contribution in [1.82, 2.24) is 5.43 Å². The summed E-state index contributed by atoms with van der Waals surface area (Å²) in [5.41, 5.74) is 6.58. The highest BCUT2D eigenvalue weighted by molar-refractivity contribution is 5.43. The fourth-order valence-electron chi connectivity index (χ4n) is 3.64. The van der Waals surface area contributed by atoms with Crippen LogP contribution in [0.25, 0.3) is 0 Å². The maximum atomic E-state index is 5.99. The van der Waals surface area contributed by atoms with Gasteiger partial charge in [-0.25, -0.2) is 0 Å². The highest BCUT2D eigenvalue weighted by Gasteiger charge is 2.42. The predicted octanol–water partition coefficient (Wildman–Crippen LogP) is 2.88. The first-order chi connectivity index (χ1) is 9.90. The molecule has 0 amide bonds. The van der Waals surface area contributed by atoms with E-state index in [0.717, 1.165) is 11.3 Å². The van der Waals surface area contributed by atoms with Crippen LogP contribution in [0.3, 0.4) is 0 Å². The normalized spacial score (nSPS) is 30.4. The number of hydrogen-bond donors (Lipinski definition) is 2. The van der Waals surface area contributed by atoms with Crippen LogP contribution in [0.15, 0.2) is 12.1 Å². The number of rotatable bonds is 4. The van der Waals surface area contributed by atoms with Crippen LogP contribution in [-0.2, 0) is 4.74 Å². The Morgan fingerprint density at radius 1 is 1.14 bits per heavy atom. The molecule has 5 unspecified atom stereocenters. The van der Waals surface area contributed by atoms with Gasteiger partial charge < -0.3 is 9.47 Å². The number of hydrogen-bond acceptors (Lipinski definition) is 4. The minimum Gasteiger partial charge on any atom is -0.496 e. The van der Waals surface area contributed by atoms with E-state index in [-0.39, 0.29) is 18.2 Å². The monoisotopic (exact) mass is 292 g/mol. The van der Waals surface area contributed by atoms with Crippen molar-refractivity contribution >= 4 is 0 Å². The Balaban J connectivity index is 2.40. The standard InChI is InChI=1S/C17H28N2O2/c1-9-8-15(20-6)10(2)7-14(9)17(19-18)16-11(3)12(4)21-13(16)5/h7-8,11-13,16-17,19H,18H2,1-6H3. The quantitative estimate of drug-likeness (QED) is 0.662. The van der Waals surface area contributed by atoms with Crippen molar-refractivity contribution in [3.8, 4) is 5.75 Å². The number of nitrogens with one attached hydrogen (secondary N) is 1. The van der Waals surface area contributed by atoms with Gasteiger partial charge in [0.25, 0.3) is 0 Å². The predicted molar refractivity (Wildman–Crippen MR) is 85.2 cm³/mol. The van der Waals surface area contributed by atoms with Gasteiger partial charge in [0.15, 0.2) is 0 Å². The SMILES string of the molecule is COc1cc(C)c(C(NN)C2C(C)OC(C)C2C)cc1C. The lowest BCUT2D eigenvalue weighted by Crippen LogP contribution is -2.39. The molecule has 0 radical (unpaired) electrons. The second kappa shape index (κ2) is 6.34. The Labute approximate surface area is 128 Å². The Hall–Kier alpha value is -1.10. The summed E-state index contributed by atoms with van der Waals surface area (Å²) in [6.45, 7) is 10.7. The first-order valence-corrected chi connectivity index (χ1v) is 7.67. The lowest BCUT2D eigenvalue weighted by atomic mass is 9.79. The summed E-state index contributed by atoms with van der Waals surface area (Å²) in [5, 5.41) is 0. The summed E-state index contributed by atoms with van der Waals surface area (Å²) < 4.78 is 11.4. The lowest BCUT2D eigenvalue weighted by Gasteiger charge is -2.30. The molecule has 3 N–H and O–H groups in total. The molecule has 1 aromatic rings. The summed E-state index contributed by atoms with van der Waals surface area (Å²) in [6.07, 6.45) is 0.457. The maximum Gasteiger partial charge on any atom is 0.122 e. The summed E-state index contributed by atoms with van der Waals surface area (Å²) in [7, 11) is 1.71. The van der Waals surface area contributed by atoms with Crippen LogP contribution in [0.5, 0.6) is 5.75 Å². The lowest BCUT2D eigenvalue weighted by molar-refractivity contribution is 0.0474. The van der Waals surface area contributed by atoms with Gasteiger partial charge in [0.1, 0.15) is 5.75 Å². The van der Waals surface area contributed by atoms with E-state index < -0.39 is 0 Å². The molecule has 1 aromatic carbocycles. The number of nitrogens with two attached hydrogens (primary N) is 1. The third-order valence-corrected chi connectivity index (χ3v) is 5.00. The average molecular weight is 292 g/mol. The van der Waals surface area contributed by atoms with Crippen LogP contribution in [0.2, 0.25) is 0 Å². The zero-order chi connectivity index (χ0) is 15.7. The Morgan fingerprint density at radius 2 is 1.81 bits per heavy atom. The zero-order valence-corrected chi connectivity index (χ0v) is 13.9. The molecule has 5 atom stereocenters. The third-order valence-electron chi connectivity index (χ3n) is 5.00. The summed E-state index contributed by atoms with van der Waals surface area (Å²) >= 11 is 0. The minimum absolute atomic E-state index is 0.0876. The largest absolute Gasteiger partial charge is 0.496 e. The number of ether oxygens (including phenoxy) is 2. The number of benzene rings is 1. The van der Waals surface area contributed by atoms with Crippen molar-refractivity contribution in [3.63, 3.8) is 0 Å². The maximum absolute atomic E-state index is 5.99. The van der Waals surface area contributed by atoms with E-state index in [4.69, 9.17) is 15.3 Å².